The number of hydrogen-bond donors (Lipinski definition) is 0. The largest absolute Gasteiger partial charge is 0.308 e. The monoisotopic (exact) mass is 376 g/mol. The molecule has 0 fully saturated rings. The van der Waals surface area contributed by atoms with E-state index in [1.54, 1.807) is 0 Å². The molecule has 0 saturated carbocycles. The maximum atomic E-state index is 4.47. The Morgan fingerprint density at radius 2 is 1.57 bits per heavy atom. The van der Waals surface area contributed by atoms with Crippen molar-refractivity contribution >= 4 is 43.2 Å². The van der Waals surface area contributed by atoms with Crippen LogP contribution in [0.3, 0.4) is 0 Å². The van der Waals surface area contributed by atoms with Crippen LogP contribution in [0, 0.1) is 0 Å². The van der Waals surface area contributed by atoms with Gasteiger partial charge in [-0.1, -0.05) is 48.5 Å². The van der Waals surface area contributed by atoms with Crippen molar-refractivity contribution in [2.24, 2.45) is 0 Å². The van der Waals surface area contributed by atoms with Crippen LogP contribution in [0.25, 0.3) is 48.8 Å². The molecule has 132 valence electrons. The van der Waals surface area contributed by atoms with E-state index >= 15 is 0 Å². The molecule has 0 amide bonds. The number of benzene rings is 3. The number of para-hydroxylation sites is 1. The maximum absolute atomic E-state index is 4.47. The number of nitrogens with zero attached hydrogens (tertiary/aromatic N) is 2. The van der Waals surface area contributed by atoms with E-state index in [0.29, 0.717) is 0 Å². The number of pyridine rings is 1. The molecule has 6 aromatic rings. The Labute approximate surface area is 166 Å². The molecule has 3 aromatic heterocycles. The summed E-state index contributed by atoms with van der Waals surface area (Å²) in [7, 11) is 0. The summed E-state index contributed by atoms with van der Waals surface area (Å²) in [5.41, 5.74) is 5.83. The summed E-state index contributed by atoms with van der Waals surface area (Å²) in [5.74, 6) is 0. The third-order valence-corrected chi connectivity index (χ3v) is 6.28. The normalized spacial score (nSPS) is 11.6. The van der Waals surface area contributed by atoms with E-state index in [1.165, 1.54) is 37.6 Å². The fourth-order valence-electron chi connectivity index (χ4n) is 4.06. The summed E-state index contributed by atoms with van der Waals surface area (Å²) >= 11 is 1.81. The van der Waals surface area contributed by atoms with Gasteiger partial charge in [-0.25, -0.2) is 0 Å². The highest BCUT2D eigenvalue weighted by Gasteiger charge is 2.15. The Balaban J connectivity index is 1.66. The molecule has 3 heterocycles. The zero-order valence-corrected chi connectivity index (χ0v) is 15.9. The van der Waals surface area contributed by atoms with Gasteiger partial charge in [0.05, 0.1) is 21.4 Å². The molecule has 0 aliphatic carbocycles. The Hall–Kier alpha value is -3.43. The molecule has 0 N–H and O–H groups in total. The molecule has 0 spiro atoms. The topological polar surface area (TPSA) is 17.8 Å². The Bertz CT molecular complexity index is 1440. The number of fused-ring (bicyclic) bond motifs is 5. The predicted molar refractivity (Wildman–Crippen MR) is 119 cm³/mol. The second-order valence-corrected chi connectivity index (χ2v) is 7.83. The van der Waals surface area contributed by atoms with Gasteiger partial charge in [0, 0.05) is 28.2 Å². The molecule has 2 nitrogen and oxygen atoms in total. The minimum absolute atomic E-state index is 0.997. The first-order valence-corrected chi connectivity index (χ1v) is 10.2. The number of rotatable bonds is 2. The Morgan fingerprint density at radius 1 is 0.714 bits per heavy atom. The molecule has 0 unspecified atom stereocenters. The lowest BCUT2D eigenvalue weighted by Gasteiger charge is -2.09. The molecule has 0 aliphatic rings. The minimum atomic E-state index is 0.997. The summed E-state index contributed by atoms with van der Waals surface area (Å²) in [4.78, 5) is 4.47. The SMILES string of the molecule is c1ccc(-c2ccc(-n3c4ccccc4c4ccc5ccsc5c43)cc2)nc1. The third kappa shape index (κ3) is 2.23. The van der Waals surface area contributed by atoms with E-state index in [1.807, 2.05) is 35.7 Å². The van der Waals surface area contributed by atoms with E-state index in [0.717, 1.165) is 11.3 Å². The Morgan fingerprint density at radius 3 is 2.43 bits per heavy atom. The molecule has 0 saturated heterocycles. The molecule has 3 heteroatoms. The van der Waals surface area contributed by atoms with E-state index in [-0.39, 0.29) is 0 Å². The van der Waals surface area contributed by atoms with Crippen LogP contribution in [0.5, 0.6) is 0 Å². The van der Waals surface area contributed by atoms with Gasteiger partial charge >= 0.3 is 0 Å². The zero-order valence-electron chi connectivity index (χ0n) is 15.0. The second kappa shape index (κ2) is 6.04. The molecule has 0 atom stereocenters. The lowest BCUT2D eigenvalue weighted by molar-refractivity contribution is 1.19. The van der Waals surface area contributed by atoms with Gasteiger partial charge < -0.3 is 4.57 Å². The van der Waals surface area contributed by atoms with E-state index in [9.17, 15) is 0 Å². The average molecular weight is 376 g/mol. The highest BCUT2D eigenvalue weighted by molar-refractivity contribution is 7.18. The molecule has 6 rings (SSSR count). The molecule has 0 bridgehead atoms. The predicted octanol–water partition coefficient (Wildman–Crippen LogP) is 7.06. The van der Waals surface area contributed by atoms with Gasteiger partial charge in [-0.05, 0) is 47.2 Å². The van der Waals surface area contributed by atoms with Crippen molar-refractivity contribution in [1.29, 1.82) is 0 Å². The minimum Gasteiger partial charge on any atom is -0.308 e. The third-order valence-electron chi connectivity index (χ3n) is 5.34. The van der Waals surface area contributed by atoms with E-state index < -0.39 is 0 Å². The first-order valence-electron chi connectivity index (χ1n) is 9.31. The van der Waals surface area contributed by atoms with Crippen molar-refractivity contribution < 1.29 is 0 Å². The maximum Gasteiger partial charge on any atom is 0.0719 e. The van der Waals surface area contributed by atoms with Crippen LogP contribution in [0.4, 0.5) is 0 Å². The van der Waals surface area contributed by atoms with Gasteiger partial charge in [-0.15, -0.1) is 11.3 Å². The van der Waals surface area contributed by atoms with Crippen molar-refractivity contribution in [2.45, 2.75) is 0 Å². The van der Waals surface area contributed by atoms with Gasteiger partial charge in [0.2, 0.25) is 0 Å². The lowest BCUT2D eigenvalue weighted by atomic mass is 10.1. The first kappa shape index (κ1) is 15.6. The molecule has 28 heavy (non-hydrogen) atoms. The van der Waals surface area contributed by atoms with Crippen LogP contribution in [-0.2, 0) is 0 Å². The average Bonchev–Trinajstić information content (AvgIpc) is 3.37. The highest BCUT2D eigenvalue weighted by atomic mass is 32.1. The highest BCUT2D eigenvalue weighted by Crippen LogP contribution is 2.38. The molecule has 3 aromatic carbocycles. The smallest absolute Gasteiger partial charge is 0.0719 e. The van der Waals surface area contributed by atoms with Gasteiger partial charge in [0.15, 0.2) is 0 Å². The van der Waals surface area contributed by atoms with Crippen molar-refractivity contribution in [3.8, 4) is 16.9 Å². The summed E-state index contributed by atoms with van der Waals surface area (Å²) in [6.45, 7) is 0. The number of thiophene rings is 1. The van der Waals surface area contributed by atoms with Crippen LogP contribution in [0.15, 0.2) is 96.5 Å². The van der Waals surface area contributed by atoms with Crippen molar-refractivity contribution in [1.82, 2.24) is 9.55 Å². The van der Waals surface area contributed by atoms with Gasteiger partial charge in [0.25, 0.3) is 0 Å². The zero-order chi connectivity index (χ0) is 18.5. The lowest BCUT2D eigenvalue weighted by Crippen LogP contribution is -1.94. The molecular formula is C25H16N2S. The summed E-state index contributed by atoms with van der Waals surface area (Å²) < 4.78 is 3.73. The van der Waals surface area contributed by atoms with Crippen molar-refractivity contribution in [2.75, 3.05) is 0 Å². The Kier molecular flexibility index (Phi) is 3.37. The molecule has 0 radical (unpaired) electrons. The summed E-state index contributed by atoms with van der Waals surface area (Å²) in [5, 5.41) is 6.07. The van der Waals surface area contributed by atoms with Gasteiger partial charge in [-0.3, -0.25) is 4.98 Å². The van der Waals surface area contributed by atoms with Crippen LogP contribution in [-0.4, -0.2) is 9.55 Å². The van der Waals surface area contributed by atoms with Crippen molar-refractivity contribution in [3.05, 3.63) is 96.5 Å². The van der Waals surface area contributed by atoms with E-state index in [4.69, 9.17) is 0 Å². The van der Waals surface area contributed by atoms with Crippen molar-refractivity contribution in [3.63, 3.8) is 0 Å². The summed E-state index contributed by atoms with van der Waals surface area (Å²) in [6.07, 6.45) is 1.84. The van der Waals surface area contributed by atoms with Gasteiger partial charge in [0.1, 0.15) is 0 Å². The van der Waals surface area contributed by atoms with Gasteiger partial charge in [-0.2, -0.15) is 0 Å². The quantitative estimate of drug-likeness (QED) is 0.316. The van der Waals surface area contributed by atoms with Crippen LogP contribution >= 0.6 is 11.3 Å². The second-order valence-electron chi connectivity index (χ2n) is 6.92. The number of aromatic nitrogens is 2. The van der Waals surface area contributed by atoms with Crippen LogP contribution in [0.1, 0.15) is 0 Å². The standard InChI is InChI=1S/C25H16N2S/c1-2-7-23-20(5-1)21-13-10-18-14-16-28-25(18)24(21)27(23)19-11-8-17(9-12-19)22-6-3-4-15-26-22/h1-16H. The van der Waals surface area contributed by atoms with E-state index in [2.05, 4.69) is 81.7 Å². The van der Waals surface area contributed by atoms with Crippen LogP contribution < -0.4 is 0 Å². The number of hydrogen-bond acceptors (Lipinski definition) is 2. The molecule has 0 aliphatic heterocycles. The van der Waals surface area contributed by atoms with Crippen LogP contribution in [0.2, 0.25) is 0 Å². The molecular weight excluding hydrogens is 360 g/mol. The fraction of sp³-hybridized carbons (Fsp3) is 0. The summed E-state index contributed by atoms with van der Waals surface area (Å²) in [6, 6.07) is 30.1. The first-order chi connectivity index (χ1) is 13.9. The fourth-order valence-corrected chi connectivity index (χ4v) is 4.99.